The first-order chi connectivity index (χ1) is 7.27. The van der Waals surface area contributed by atoms with Gasteiger partial charge in [0.15, 0.2) is 0 Å². The van der Waals surface area contributed by atoms with E-state index < -0.39 is 12.2 Å². The highest BCUT2D eigenvalue weighted by molar-refractivity contribution is 5.20. The summed E-state index contributed by atoms with van der Waals surface area (Å²) in [5.74, 6) is 0. The lowest BCUT2D eigenvalue weighted by molar-refractivity contribution is -0.245. The van der Waals surface area contributed by atoms with Crippen LogP contribution in [0.1, 0.15) is 53.4 Å². The van der Waals surface area contributed by atoms with Crippen molar-refractivity contribution in [3.8, 4) is 0 Å². The minimum Gasteiger partial charge on any atom is -0.317 e. The third-order valence-corrected chi connectivity index (χ3v) is 3.26. The Balaban J connectivity index is 2.45. The van der Waals surface area contributed by atoms with Gasteiger partial charge in [-0.05, 0) is 38.0 Å². The molecule has 1 nitrogen and oxygen atoms in total. The Morgan fingerprint density at radius 2 is 2.06 bits per heavy atom. The topological polar surface area (TPSA) is 9.23 Å². The molecule has 0 aromatic rings. The van der Waals surface area contributed by atoms with Gasteiger partial charge in [0.2, 0.25) is 0 Å². The zero-order chi connectivity index (χ0) is 12.4. The SMILES string of the molecule is CC/C(=C/C[C@@H](C)OC(C)(F)F)C1(C)CC1. The molecule has 1 fully saturated rings. The van der Waals surface area contributed by atoms with E-state index in [1.807, 2.05) is 0 Å². The second-order valence-corrected chi connectivity index (χ2v) is 5.12. The van der Waals surface area contributed by atoms with Gasteiger partial charge in [-0.1, -0.05) is 25.5 Å². The van der Waals surface area contributed by atoms with Crippen molar-refractivity contribution in [1.29, 1.82) is 0 Å². The predicted molar refractivity (Wildman–Crippen MR) is 61.5 cm³/mol. The van der Waals surface area contributed by atoms with Gasteiger partial charge in [-0.3, -0.25) is 0 Å². The minimum absolute atomic E-state index is 0.350. The van der Waals surface area contributed by atoms with Crippen LogP contribution in [0.5, 0.6) is 0 Å². The molecule has 0 saturated heterocycles. The standard InChI is InChI=1S/C13H22F2O/c1-5-11(12(3)8-9-12)7-6-10(2)16-13(4,14)15/h7,10H,5-6,8-9H2,1-4H3/b11-7-/t10-/m1/s1. The summed E-state index contributed by atoms with van der Waals surface area (Å²) in [5.41, 5.74) is 1.74. The smallest absolute Gasteiger partial charge is 0.317 e. The van der Waals surface area contributed by atoms with Crippen LogP contribution in [0.15, 0.2) is 11.6 Å². The predicted octanol–water partition coefficient (Wildman–Crippen LogP) is 4.53. The molecule has 0 spiro atoms. The molecule has 0 aliphatic heterocycles. The fourth-order valence-electron chi connectivity index (χ4n) is 2.04. The molecule has 0 heterocycles. The number of hydrogen-bond acceptors (Lipinski definition) is 1. The lowest BCUT2D eigenvalue weighted by atomic mass is 9.94. The minimum atomic E-state index is -3.02. The first kappa shape index (κ1) is 13.6. The molecule has 3 heteroatoms. The fraction of sp³-hybridized carbons (Fsp3) is 0.846. The number of alkyl halides is 2. The highest BCUT2D eigenvalue weighted by Gasteiger charge is 2.39. The van der Waals surface area contributed by atoms with Gasteiger partial charge >= 0.3 is 6.11 Å². The molecule has 1 atom stereocenters. The van der Waals surface area contributed by atoms with Gasteiger partial charge in [0.05, 0.1) is 6.10 Å². The van der Waals surface area contributed by atoms with Crippen LogP contribution in [0.2, 0.25) is 0 Å². The number of allylic oxidation sites excluding steroid dienone is 1. The van der Waals surface area contributed by atoms with Crippen molar-refractivity contribution >= 4 is 0 Å². The van der Waals surface area contributed by atoms with E-state index in [0.717, 1.165) is 13.3 Å². The molecule has 0 aromatic carbocycles. The summed E-state index contributed by atoms with van der Waals surface area (Å²) in [4.78, 5) is 0. The molecule has 0 bridgehead atoms. The van der Waals surface area contributed by atoms with Crippen LogP contribution < -0.4 is 0 Å². The van der Waals surface area contributed by atoms with E-state index in [1.165, 1.54) is 18.4 Å². The molecule has 1 saturated carbocycles. The van der Waals surface area contributed by atoms with Crippen molar-refractivity contribution in [1.82, 2.24) is 0 Å². The van der Waals surface area contributed by atoms with Gasteiger partial charge in [0.1, 0.15) is 0 Å². The molecule has 1 aliphatic rings. The van der Waals surface area contributed by atoms with Crippen LogP contribution >= 0.6 is 0 Å². The van der Waals surface area contributed by atoms with Crippen molar-refractivity contribution in [3.05, 3.63) is 11.6 Å². The Morgan fingerprint density at radius 1 is 1.50 bits per heavy atom. The number of ether oxygens (including phenoxy) is 1. The second kappa shape index (κ2) is 4.82. The maximum absolute atomic E-state index is 12.6. The van der Waals surface area contributed by atoms with Gasteiger partial charge in [0.25, 0.3) is 0 Å². The molecule has 0 radical (unpaired) electrons. The monoisotopic (exact) mass is 232 g/mol. The first-order valence-electron chi connectivity index (χ1n) is 6.02. The first-order valence-corrected chi connectivity index (χ1v) is 6.02. The summed E-state index contributed by atoms with van der Waals surface area (Å²) in [5, 5.41) is 0. The highest BCUT2D eigenvalue weighted by atomic mass is 19.3. The van der Waals surface area contributed by atoms with Crippen LogP contribution in [-0.4, -0.2) is 12.2 Å². The lowest BCUT2D eigenvalue weighted by Gasteiger charge is -2.18. The lowest BCUT2D eigenvalue weighted by Crippen LogP contribution is -2.22. The van der Waals surface area contributed by atoms with Gasteiger partial charge in [-0.25, -0.2) is 0 Å². The second-order valence-electron chi connectivity index (χ2n) is 5.12. The molecule has 0 N–H and O–H groups in total. The third kappa shape index (κ3) is 4.20. The number of rotatable bonds is 6. The molecule has 1 rings (SSSR count). The Labute approximate surface area is 96.9 Å². The van der Waals surface area contributed by atoms with Gasteiger partial charge < -0.3 is 4.74 Å². The molecule has 94 valence electrons. The van der Waals surface area contributed by atoms with Crippen molar-refractivity contribution in [2.75, 3.05) is 0 Å². The largest absolute Gasteiger partial charge is 0.353 e. The molecule has 0 amide bonds. The summed E-state index contributed by atoms with van der Waals surface area (Å²) in [6.07, 6.45) is 2.67. The molecule has 0 unspecified atom stereocenters. The van der Waals surface area contributed by atoms with E-state index in [0.29, 0.717) is 11.8 Å². The summed E-state index contributed by atoms with van der Waals surface area (Å²) >= 11 is 0. The van der Waals surface area contributed by atoms with Crippen LogP contribution in [0.3, 0.4) is 0 Å². The molecule has 16 heavy (non-hydrogen) atoms. The third-order valence-electron chi connectivity index (χ3n) is 3.26. The normalized spacial score (nSPS) is 22.0. The van der Waals surface area contributed by atoms with E-state index in [2.05, 4.69) is 24.7 Å². The Kier molecular flexibility index (Phi) is 4.11. The van der Waals surface area contributed by atoms with E-state index in [9.17, 15) is 8.78 Å². The van der Waals surface area contributed by atoms with Crippen molar-refractivity contribution in [2.45, 2.75) is 65.6 Å². The summed E-state index contributed by atoms with van der Waals surface area (Å²) in [6.45, 7) is 6.84. The van der Waals surface area contributed by atoms with Gasteiger partial charge in [-0.15, -0.1) is 0 Å². The molecular formula is C13H22F2O. The average molecular weight is 232 g/mol. The summed E-state index contributed by atoms with van der Waals surface area (Å²) < 4.78 is 29.8. The van der Waals surface area contributed by atoms with E-state index in [1.54, 1.807) is 6.92 Å². The highest BCUT2D eigenvalue weighted by Crippen LogP contribution is 2.52. The Hall–Kier alpha value is -0.440. The van der Waals surface area contributed by atoms with E-state index in [4.69, 9.17) is 0 Å². The van der Waals surface area contributed by atoms with E-state index >= 15 is 0 Å². The quantitative estimate of drug-likeness (QED) is 0.611. The Morgan fingerprint density at radius 3 is 2.44 bits per heavy atom. The van der Waals surface area contributed by atoms with E-state index in [-0.39, 0.29) is 0 Å². The molecule has 1 aliphatic carbocycles. The summed E-state index contributed by atoms with van der Waals surface area (Å²) in [7, 11) is 0. The molecule has 0 aromatic heterocycles. The zero-order valence-electron chi connectivity index (χ0n) is 10.6. The zero-order valence-corrected chi connectivity index (χ0v) is 10.6. The van der Waals surface area contributed by atoms with Crippen LogP contribution in [-0.2, 0) is 4.74 Å². The average Bonchev–Trinajstić information content (AvgIpc) is 2.82. The van der Waals surface area contributed by atoms with Crippen LogP contribution in [0.4, 0.5) is 8.78 Å². The van der Waals surface area contributed by atoms with Gasteiger partial charge in [-0.2, -0.15) is 8.78 Å². The van der Waals surface area contributed by atoms with Gasteiger partial charge in [0, 0.05) is 6.92 Å². The maximum atomic E-state index is 12.6. The number of hydrogen-bond donors (Lipinski definition) is 0. The molecular weight excluding hydrogens is 210 g/mol. The van der Waals surface area contributed by atoms with Crippen molar-refractivity contribution in [3.63, 3.8) is 0 Å². The Bertz CT molecular complexity index is 262. The fourth-order valence-corrected chi connectivity index (χ4v) is 2.04. The van der Waals surface area contributed by atoms with Crippen molar-refractivity contribution in [2.24, 2.45) is 5.41 Å². The van der Waals surface area contributed by atoms with Crippen molar-refractivity contribution < 1.29 is 13.5 Å². The van der Waals surface area contributed by atoms with Crippen LogP contribution in [0, 0.1) is 5.41 Å². The summed E-state index contributed by atoms with van der Waals surface area (Å²) in [6, 6.07) is 0. The maximum Gasteiger partial charge on any atom is 0.353 e. The van der Waals surface area contributed by atoms with Crippen LogP contribution in [0.25, 0.3) is 0 Å². The number of halogens is 2.